The van der Waals surface area contributed by atoms with Gasteiger partial charge in [-0.25, -0.2) is 0 Å². The largest absolute Gasteiger partial charge is 0.496 e. The summed E-state index contributed by atoms with van der Waals surface area (Å²) in [5, 5.41) is 12.0. The third-order valence-corrected chi connectivity index (χ3v) is 2.78. The van der Waals surface area contributed by atoms with Crippen LogP contribution in [0.2, 0.25) is 0 Å². The van der Waals surface area contributed by atoms with Gasteiger partial charge >= 0.3 is 0 Å². The molecule has 1 rings (SSSR count). The first-order chi connectivity index (χ1) is 7.93. The Morgan fingerprint density at radius 3 is 2.41 bits per heavy atom. The first kappa shape index (κ1) is 13.5. The van der Waals surface area contributed by atoms with Crippen molar-refractivity contribution in [3.05, 3.63) is 29.3 Å². The molecule has 1 unspecified atom stereocenters. The highest BCUT2D eigenvalue weighted by molar-refractivity contribution is 5.43. The molecule has 92 valence electrons. The minimum absolute atomic E-state index is 0.00486. The van der Waals surface area contributed by atoms with Crippen molar-refractivity contribution in [2.75, 3.05) is 14.2 Å². The molecule has 0 heterocycles. The molecule has 0 amide bonds. The molecule has 1 N–H and O–H groups in total. The second-order valence-electron chi connectivity index (χ2n) is 5.06. The van der Waals surface area contributed by atoms with Gasteiger partial charge in [-0.3, -0.25) is 0 Å². The number of nitriles is 1. The fraction of sp³-hybridized carbons (Fsp3) is 0.500. The van der Waals surface area contributed by atoms with E-state index in [4.69, 9.17) is 10.00 Å². The van der Waals surface area contributed by atoms with Gasteiger partial charge in [-0.05, 0) is 35.7 Å². The molecule has 1 aromatic carbocycles. The molecule has 0 aliphatic heterocycles. The van der Waals surface area contributed by atoms with Crippen LogP contribution in [0.3, 0.4) is 0 Å². The van der Waals surface area contributed by atoms with Gasteiger partial charge in [0.05, 0.1) is 13.2 Å². The molecule has 0 saturated carbocycles. The summed E-state index contributed by atoms with van der Waals surface area (Å²) in [4.78, 5) is 0. The second-order valence-corrected chi connectivity index (χ2v) is 5.06. The van der Waals surface area contributed by atoms with E-state index in [1.807, 2.05) is 18.2 Å². The average Bonchev–Trinajstić information content (AvgIpc) is 2.29. The molecule has 0 spiro atoms. The van der Waals surface area contributed by atoms with Crippen LogP contribution < -0.4 is 10.1 Å². The smallest absolute Gasteiger partial charge is 0.122 e. The molecule has 1 aromatic rings. The van der Waals surface area contributed by atoms with Crippen LogP contribution in [-0.4, -0.2) is 14.2 Å². The van der Waals surface area contributed by atoms with Crippen molar-refractivity contribution in [2.45, 2.75) is 32.2 Å². The molecule has 3 heteroatoms. The lowest BCUT2D eigenvalue weighted by atomic mass is 9.84. The molecule has 0 aliphatic carbocycles. The Bertz CT molecular complexity index is 427. The van der Waals surface area contributed by atoms with E-state index in [0.29, 0.717) is 0 Å². The van der Waals surface area contributed by atoms with E-state index in [9.17, 15) is 0 Å². The van der Waals surface area contributed by atoms with Gasteiger partial charge in [0.25, 0.3) is 0 Å². The summed E-state index contributed by atoms with van der Waals surface area (Å²) in [6.07, 6.45) is 0. The summed E-state index contributed by atoms with van der Waals surface area (Å²) in [5.74, 6) is 0.869. The van der Waals surface area contributed by atoms with E-state index in [1.54, 1.807) is 14.2 Å². The molecule has 0 bridgehead atoms. The first-order valence-corrected chi connectivity index (χ1v) is 5.69. The third kappa shape index (κ3) is 2.98. The van der Waals surface area contributed by atoms with Gasteiger partial charge in [0.1, 0.15) is 11.8 Å². The van der Waals surface area contributed by atoms with E-state index >= 15 is 0 Å². The number of hydrogen-bond donors (Lipinski definition) is 1. The summed E-state index contributed by atoms with van der Waals surface area (Å²) in [7, 11) is 3.46. The summed E-state index contributed by atoms with van der Waals surface area (Å²) in [6, 6.07) is 7.86. The fourth-order valence-electron chi connectivity index (χ4n) is 1.80. The van der Waals surface area contributed by atoms with Crippen LogP contribution in [0.25, 0.3) is 0 Å². The number of ether oxygens (including phenoxy) is 1. The zero-order valence-corrected chi connectivity index (χ0v) is 11.2. The highest BCUT2D eigenvalue weighted by Crippen LogP contribution is 2.33. The summed E-state index contributed by atoms with van der Waals surface area (Å²) < 4.78 is 5.37. The Morgan fingerprint density at radius 1 is 1.35 bits per heavy atom. The molecular weight excluding hydrogens is 212 g/mol. The molecular formula is C14H20N2O. The Hall–Kier alpha value is -1.53. The predicted octanol–water partition coefficient (Wildman–Crippen LogP) is 2.78. The van der Waals surface area contributed by atoms with Crippen LogP contribution in [0.1, 0.15) is 37.9 Å². The second kappa shape index (κ2) is 5.20. The Balaban J connectivity index is 3.28. The third-order valence-electron chi connectivity index (χ3n) is 2.78. The van der Waals surface area contributed by atoms with Gasteiger partial charge in [0, 0.05) is 0 Å². The van der Waals surface area contributed by atoms with Crippen LogP contribution >= 0.6 is 0 Å². The number of nitrogens with zero attached hydrogens (tertiary/aromatic N) is 1. The van der Waals surface area contributed by atoms with Gasteiger partial charge in [0.2, 0.25) is 0 Å². The molecule has 0 aliphatic rings. The van der Waals surface area contributed by atoms with Crippen molar-refractivity contribution in [1.29, 1.82) is 5.26 Å². The molecule has 1 atom stereocenters. The van der Waals surface area contributed by atoms with E-state index in [2.05, 4.69) is 32.2 Å². The van der Waals surface area contributed by atoms with Crippen molar-refractivity contribution >= 4 is 0 Å². The maximum atomic E-state index is 9.06. The maximum absolute atomic E-state index is 9.06. The Kier molecular flexibility index (Phi) is 4.14. The molecule has 0 saturated heterocycles. The standard InChI is InChI=1S/C14H20N2O/c1-14(2,3)11-8-10(12(9-15)16-4)6-7-13(11)17-5/h6-8,12,16H,1-5H3. The first-order valence-electron chi connectivity index (χ1n) is 5.69. The number of rotatable bonds is 3. The Morgan fingerprint density at radius 2 is 2.00 bits per heavy atom. The number of benzene rings is 1. The summed E-state index contributed by atoms with van der Waals surface area (Å²) >= 11 is 0. The highest BCUT2D eigenvalue weighted by Gasteiger charge is 2.20. The minimum atomic E-state index is -0.276. The molecule has 3 nitrogen and oxygen atoms in total. The van der Waals surface area contributed by atoms with Crippen LogP contribution in [0.4, 0.5) is 0 Å². The normalized spacial score (nSPS) is 12.9. The van der Waals surface area contributed by atoms with Crippen LogP contribution in [0.15, 0.2) is 18.2 Å². The van der Waals surface area contributed by atoms with Crippen LogP contribution in [0, 0.1) is 11.3 Å². The van der Waals surface area contributed by atoms with E-state index in [-0.39, 0.29) is 11.5 Å². The molecule has 0 radical (unpaired) electrons. The van der Waals surface area contributed by atoms with E-state index < -0.39 is 0 Å². The van der Waals surface area contributed by atoms with Gasteiger partial charge < -0.3 is 10.1 Å². The maximum Gasteiger partial charge on any atom is 0.122 e. The lowest BCUT2D eigenvalue weighted by Gasteiger charge is -2.23. The molecule has 0 aromatic heterocycles. The topological polar surface area (TPSA) is 45.0 Å². The monoisotopic (exact) mass is 232 g/mol. The fourth-order valence-corrected chi connectivity index (χ4v) is 1.80. The minimum Gasteiger partial charge on any atom is -0.496 e. The number of nitrogens with one attached hydrogen (secondary N) is 1. The van der Waals surface area contributed by atoms with Crippen molar-refractivity contribution in [1.82, 2.24) is 5.32 Å². The average molecular weight is 232 g/mol. The zero-order chi connectivity index (χ0) is 13.1. The van der Waals surface area contributed by atoms with Gasteiger partial charge in [-0.2, -0.15) is 5.26 Å². The van der Waals surface area contributed by atoms with Crippen molar-refractivity contribution in [2.24, 2.45) is 0 Å². The quantitative estimate of drug-likeness (QED) is 0.871. The summed E-state index contributed by atoms with van der Waals surface area (Å²) in [6.45, 7) is 6.40. The SMILES string of the molecule is CNC(C#N)c1ccc(OC)c(C(C)(C)C)c1. The lowest BCUT2D eigenvalue weighted by molar-refractivity contribution is 0.397. The van der Waals surface area contributed by atoms with Crippen LogP contribution in [0.5, 0.6) is 5.75 Å². The van der Waals surface area contributed by atoms with Gasteiger partial charge in [-0.15, -0.1) is 0 Å². The molecule has 0 fully saturated rings. The zero-order valence-electron chi connectivity index (χ0n) is 11.2. The predicted molar refractivity (Wildman–Crippen MR) is 69.1 cm³/mol. The van der Waals surface area contributed by atoms with E-state index in [1.165, 1.54) is 0 Å². The van der Waals surface area contributed by atoms with Gasteiger partial charge in [0.15, 0.2) is 0 Å². The van der Waals surface area contributed by atoms with Crippen molar-refractivity contribution in [3.8, 4) is 11.8 Å². The number of hydrogen-bond acceptors (Lipinski definition) is 3. The lowest BCUT2D eigenvalue weighted by Crippen LogP contribution is -2.17. The van der Waals surface area contributed by atoms with Crippen molar-refractivity contribution in [3.63, 3.8) is 0 Å². The van der Waals surface area contributed by atoms with E-state index in [0.717, 1.165) is 16.9 Å². The number of methoxy groups -OCH3 is 1. The van der Waals surface area contributed by atoms with Gasteiger partial charge in [-0.1, -0.05) is 26.8 Å². The Labute approximate surface area is 103 Å². The molecule has 17 heavy (non-hydrogen) atoms. The summed E-state index contributed by atoms with van der Waals surface area (Å²) in [5.41, 5.74) is 2.09. The highest BCUT2D eigenvalue weighted by atomic mass is 16.5. The van der Waals surface area contributed by atoms with Crippen molar-refractivity contribution < 1.29 is 4.74 Å². The van der Waals surface area contributed by atoms with Crippen LogP contribution in [-0.2, 0) is 5.41 Å².